The molecule has 0 N–H and O–H groups in total. The minimum atomic E-state index is -0.832. The predicted molar refractivity (Wildman–Crippen MR) is 79.9 cm³/mol. The van der Waals surface area contributed by atoms with Crippen LogP contribution in [0.1, 0.15) is 40.5 Å². The summed E-state index contributed by atoms with van der Waals surface area (Å²) < 4.78 is 10.5. The Bertz CT molecular complexity index is 367. The number of likely N-dealkylation sites (tertiary alicyclic amines) is 1. The fourth-order valence-electron chi connectivity index (χ4n) is 2.19. The molecule has 1 rings (SSSR count). The standard InChI is InChI=1S/C14H25NO4S/c1-6-18-11(16)14(8-10-20-5)7-9-15(14)12(17)19-13(2,3)4/h6-10H2,1-5H3/t14-/m1/s1. The first kappa shape index (κ1) is 17.1. The summed E-state index contributed by atoms with van der Waals surface area (Å²) in [4.78, 5) is 26.0. The fraction of sp³-hybridized carbons (Fsp3) is 0.857. The Morgan fingerprint density at radius 1 is 1.35 bits per heavy atom. The molecule has 1 amide bonds. The molecule has 1 saturated heterocycles. The van der Waals surface area contributed by atoms with Gasteiger partial charge in [-0.3, -0.25) is 4.90 Å². The molecule has 0 aliphatic carbocycles. The Morgan fingerprint density at radius 3 is 2.40 bits per heavy atom. The summed E-state index contributed by atoms with van der Waals surface area (Å²) in [5.74, 6) is 0.490. The number of hydrogen-bond donors (Lipinski definition) is 0. The van der Waals surface area contributed by atoms with Gasteiger partial charge in [-0.05, 0) is 52.5 Å². The Kier molecular flexibility index (Phi) is 5.74. The fourth-order valence-corrected chi connectivity index (χ4v) is 2.73. The van der Waals surface area contributed by atoms with Gasteiger partial charge < -0.3 is 9.47 Å². The smallest absolute Gasteiger partial charge is 0.411 e. The summed E-state index contributed by atoms with van der Waals surface area (Å²) in [6.45, 7) is 8.09. The molecule has 0 radical (unpaired) electrons. The maximum Gasteiger partial charge on any atom is 0.411 e. The van der Waals surface area contributed by atoms with E-state index in [0.29, 0.717) is 26.0 Å². The molecule has 116 valence electrons. The Labute approximate surface area is 125 Å². The number of ether oxygens (including phenoxy) is 2. The maximum atomic E-state index is 12.3. The molecule has 6 heteroatoms. The third kappa shape index (κ3) is 3.81. The zero-order valence-electron chi connectivity index (χ0n) is 13.0. The second-order valence-electron chi connectivity index (χ2n) is 5.88. The summed E-state index contributed by atoms with van der Waals surface area (Å²) in [6.07, 6.45) is 2.80. The van der Waals surface area contributed by atoms with Gasteiger partial charge >= 0.3 is 12.1 Å². The summed E-state index contributed by atoms with van der Waals surface area (Å²) in [7, 11) is 0. The molecule has 1 aliphatic rings. The average molecular weight is 303 g/mol. The number of carbonyl (C=O) groups is 2. The van der Waals surface area contributed by atoms with Crippen LogP contribution < -0.4 is 0 Å². The van der Waals surface area contributed by atoms with Crippen LogP contribution in [0.15, 0.2) is 0 Å². The molecular formula is C14H25NO4S. The highest BCUT2D eigenvalue weighted by atomic mass is 32.2. The quantitative estimate of drug-likeness (QED) is 0.731. The SMILES string of the molecule is CCOC(=O)[C@]1(CCSC)CCN1C(=O)OC(C)(C)C. The second-order valence-corrected chi connectivity index (χ2v) is 6.86. The van der Waals surface area contributed by atoms with Crippen molar-refractivity contribution in [3.05, 3.63) is 0 Å². The van der Waals surface area contributed by atoms with E-state index in [2.05, 4.69) is 0 Å². The van der Waals surface area contributed by atoms with E-state index in [4.69, 9.17) is 9.47 Å². The van der Waals surface area contributed by atoms with Gasteiger partial charge in [-0.1, -0.05) is 0 Å². The van der Waals surface area contributed by atoms with E-state index in [9.17, 15) is 9.59 Å². The molecule has 0 aromatic carbocycles. The van der Waals surface area contributed by atoms with Crippen molar-refractivity contribution in [2.45, 2.75) is 51.7 Å². The van der Waals surface area contributed by atoms with Gasteiger partial charge in [0.1, 0.15) is 11.1 Å². The largest absolute Gasteiger partial charge is 0.464 e. The minimum Gasteiger partial charge on any atom is -0.464 e. The van der Waals surface area contributed by atoms with Gasteiger partial charge in [-0.15, -0.1) is 0 Å². The van der Waals surface area contributed by atoms with Crippen molar-refractivity contribution in [2.24, 2.45) is 0 Å². The molecule has 0 saturated carbocycles. The number of hydrogen-bond acceptors (Lipinski definition) is 5. The molecule has 1 heterocycles. The lowest BCUT2D eigenvalue weighted by Crippen LogP contribution is -2.67. The van der Waals surface area contributed by atoms with Crippen molar-refractivity contribution in [1.82, 2.24) is 4.90 Å². The van der Waals surface area contributed by atoms with E-state index in [-0.39, 0.29) is 5.97 Å². The van der Waals surface area contributed by atoms with Gasteiger partial charge in [0.2, 0.25) is 0 Å². The molecule has 0 unspecified atom stereocenters. The van der Waals surface area contributed by atoms with Crippen LogP contribution in [0, 0.1) is 0 Å². The Hall–Kier alpha value is -0.910. The van der Waals surface area contributed by atoms with E-state index < -0.39 is 17.2 Å². The van der Waals surface area contributed by atoms with E-state index in [1.165, 1.54) is 4.90 Å². The number of amides is 1. The normalized spacial score (nSPS) is 22.1. The van der Waals surface area contributed by atoms with Crippen LogP contribution in [0.2, 0.25) is 0 Å². The molecule has 0 spiro atoms. The molecule has 1 fully saturated rings. The van der Waals surface area contributed by atoms with Crippen LogP contribution in [-0.4, -0.2) is 53.3 Å². The number of nitrogens with zero attached hydrogens (tertiary/aromatic N) is 1. The highest BCUT2D eigenvalue weighted by Crippen LogP contribution is 2.37. The zero-order chi connectivity index (χ0) is 15.4. The first-order valence-corrected chi connectivity index (χ1v) is 8.33. The third-order valence-electron chi connectivity index (χ3n) is 3.25. The number of rotatable bonds is 5. The molecule has 1 aliphatic heterocycles. The summed E-state index contributed by atoms with van der Waals surface area (Å²) in [6, 6.07) is 0. The van der Waals surface area contributed by atoms with Crippen molar-refractivity contribution >= 4 is 23.8 Å². The first-order chi connectivity index (χ1) is 9.27. The summed E-state index contributed by atoms with van der Waals surface area (Å²) in [5, 5.41) is 0. The number of carbonyl (C=O) groups excluding carboxylic acids is 2. The van der Waals surface area contributed by atoms with Crippen LogP contribution in [0.25, 0.3) is 0 Å². The molecule has 20 heavy (non-hydrogen) atoms. The van der Waals surface area contributed by atoms with Crippen molar-refractivity contribution in [1.29, 1.82) is 0 Å². The van der Waals surface area contributed by atoms with Crippen LogP contribution >= 0.6 is 11.8 Å². The number of esters is 1. The maximum absolute atomic E-state index is 12.3. The highest BCUT2D eigenvalue weighted by molar-refractivity contribution is 7.98. The molecule has 0 aromatic heterocycles. The topological polar surface area (TPSA) is 55.8 Å². The molecule has 0 aromatic rings. The monoisotopic (exact) mass is 303 g/mol. The van der Waals surface area contributed by atoms with Gasteiger partial charge in [0.15, 0.2) is 0 Å². The van der Waals surface area contributed by atoms with Gasteiger partial charge in [-0.2, -0.15) is 11.8 Å². The number of thioether (sulfide) groups is 1. The van der Waals surface area contributed by atoms with Crippen molar-refractivity contribution < 1.29 is 19.1 Å². The van der Waals surface area contributed by atoms with Crippen LogP contribution in [0.4, 0.5) is 4.79 Å². The summed E-state index contributed by atoms with van der Waals surface area (Å²) in [5.41, 5.74) is -1.39. The third-order valence-corrected chi connectivity index (χ3v) is 3.87. The second kappa shape index (κ2) is 6.70. The first-order valence-electron chi connectivity index (χ1n) is 6.93. The van der Waals surface area contributed by atoms with Crippen molar-refractivity contribution in [2.75, 3.05) is 25.2 Å². The Morgan fingerprint density at radius 2 is 2.00 bits per heavy atom. The van der Waals surface area contributed by atoms with E-state index in [0.717, 1.165) is 5.75 Å². The highest BCUT2D eigenvalue weighted by Gasteiger charge is 2.55. The predicted octanol–water partition coefficient (Wildman–Crippen LogP) is 2.68. The van der Waals surface area contributed by atoms with Crippen LogP contribution in [-0.2, 0) is 14.3 Å². The molecule has 0 bridgehead atoms. The van der Waals surface area contributed by atoms with Gasteiger partial charge in [0, 0.05) is 6.54 Å². The lowest BCUT2D eigenvalue weighted by atomic mass is 9.82. The van der Waals surface area contributed by atoms with Crippen LogP contribution in [0.5, 0.6) is 0 Å². The van der Waals surface area contributed by atoms with E-state index in [1.54, 1.807) is 18.7 Å². The molecular weight excluding hydrogens is 278 g/mol. The van der Waals surface area contributed by atoms with Gasteiger partial charge in [0.25, 0.3) is 0 Å². The molecule has 5 nitrogen and oxygen atoms in total. The zero-order valence-corrected chi connectivity index (χ0v) is 13.8. The van der Waals surface area contributed by atoms with Crippen LogP contribution in [0.3, 0.4) is 0 Å². The van der Waals surface area contributed by atoms with Gasteiger partial charge in [0.05, 0.1) is 6.61 Å². The van der Waals surface area contributed by atoms with Crippen molar-refractivity contribution in [3.63, 3.8) is 0 Å². The van der Waals surface area contributed by atoms with E-state index in [1.807, 2.05) is 27.0 Å². The lowest BCUT2D eigenvalue weighted by molar-refractivity contribution is -0.166. The minimum absolute atomic E-state index is 0.314. The lowest BCUT2D eigenvalue weighted by Gasteiger charge is -2.50. The molecule has 1 atom stereocenters. The Balaban J connectivity index is 2.83. The summed E-state index contributed by atoms with van der Waals surface area (Å²) >= 11 is 1.65. The van der Waals surface area contributed by atoms with E-state index >= 15 is 0 Å². The van der Waals surface area contributed by atoms with Crippen molar-refractivity contribution in [3.8, 4) is 0 Å². The average Bonchev–Trinajstić information content (AvgIpc) is 2.26. The van der Waals surface area contributed by atoms with Gasteiger partial charge in [-0.25, -0.2) is 9.59 Å².